The number of aliphatic hydroxyl groups excluding tert-OH is 1. The second kappa shape index (κ2) is 5.44. The van der Waals surface area contributed by atoms with Crippen LogP contribution in [0.1, 0.15) is 11.6 Å². The van der Waals surface area contributed by atoms with Crippen molar-refractivity contribution >= 4 is 5.69 Å². The number of aliphatic hydroxyl groups is 1. The number of halogens is 1. The lowest BCUT2D eigenvalue weighted by Gasteiger charge is -2.31. The smallest absolute Gasteiger partial charge is 0.123 e. The van der Waals surface area contributed by atoms with Gasteiger partial charge in [0.2, 0.25) is 0 Å². The number of hydrogen-bond acceptors (Lipinski definition) is 4. The summed E-state index contributed by atoms with van der Waals surface area (Å²) in [6, 6.07) is 3.97. The minimum absolute atomic E-state index is 0.194. The van der Waals surface area contributed by atoms with E-state index in [4.69, 9.17) is 15.6 Å². The first-order valence-corrected chi connectivity index (χ1v) is 5.71. The summed E-state index contributed by atoms with van der Waals surface area (Å²) >= 11 is 0. The number of nitrogens with two attached hydrogens (primary N) is 1. The van der Waals surface area contributed by atoms with Crippen molar-refractivity contribution in [3.05, 3.63) is 29.6 Å². The van der Waals surface area contributed by atoms with Gasteiger partial charge in [-0.25, -0.2) is 4.39 Å². The molecule has 2 rings (SSSR count). The molecule has 1 aromatic carbocycles. The van der Waals surface area contributed by atoms with E-state index in [1.807, 2.05) is 0 Å². The fraction of sp³-hybridized carbons (Fsp3) is 0.500. The normalized spacial score (nSPS) is 18.2. The van der Waals surface area contributed by atoms with Crippen molar-refractivity contribution in [1.29, 1.82) is 0 Å². The highest BCUT2D eigenvalue weighted by Crippen LogP contribution is 2.26. The number of rotatable bonds is 3. The summed E-state index contributed by atoms with van der Waals surface area (Å²) in [5.41, 5.74) is 7.33. The Hall–Kier alpha value is -1.17. The fourth-order valence-electron chi connectivity index (χ4n) is 2.01. The van der Waals surface area contributed by atoms with Crippen LogP contribution >= 0.6 is 0 Å². The molecular weight excluding hydrogens is 223 g/mol. The first kappa shape index (κ1) is 12.3. The van der Waals surface area contributed by atoms with Gasteiger partial charge in [0.25, 0.3) is 0 Å². The maximum atomic E-state index is 13.2. The maximum Gasteiger partial charge on any atom is 0.123 e. The third-order valence-electron chi connectivity index (χ3n) is 2.94. The summed E-state index contributed by atoms with van der Waals surface area (Å²) in [7, 11) is 0. The quantitative estimate of drug-likeness (QED) is 0.814. The van der Waals surface area contributed by atoms with Crippen LogP contribution in [0, 0.1) is 5.82 Å². The van der Waals surface area contributed by atoms with Crippen LogP contribution in [0.25, 0.3) is 0 Å². The second-order valence-corrected chi connectivity index (χ2v) is 4.09. The summed E-state index contributed by atoms with van der Waals surface area (Å²) < 4.78 is 18.5. The average Bonchev–Trinajstić information content (AvgIpc) is 2.38. The molecule has 4 nitrogen and oxygen atoms in total. The maximum absolute atomic E-state index is 13.2. The lowest BCUT2D eigenvalue weighted by Crippen LogP contribution is -2.37. The summed E-state index contributed by atoms with van der Waals surface area (Å²) in [5.74, 6) is -0.332. The average molecular weight is 240 g/mol. The summed E-state index contributed by atoms with van der Waals surface area (Å²) in [5, 5.41) is 9.11. The molecule has 0 aromatic heterocycles. The van der Waals surface area contributed by atoms with Crippen LogP contribution in [0.15, 0.2) is 18.2 Å². The molecule has 1 fully saturated rings. The van der Waals surface area contributed by atoms with E-state index in [0.717, 1.165) is 18.8 Å². The second-order valence-electron chi connectivity index (χ2n) is 4.09. The zero-order valence-corrected chi connectivity index (χ0v) is 9.60. The molecule has 1 aliphatic rings. The lowest BCUT2D eigenvalue weighted by atomic mass is 10.0. The van der Waals surface area contributed by atoms with Gasteiger partial charge in [-0.2, -0.15) is 0 Å². The predicted octanol–water partition coefficient (Wildman–Crippen LogP) is 0.654. The van der Waals surface area contributed by atoms with Gasteiger partial charge < -0.3 is 20.5 Å². The van der Waals surface area contributed by atoms with E-state index in [-0.39, 0.29) is 12.4 Å². The topological polar surface area (TPSA) is 58.7 Å². The number of benzene rings is 1. The van der Waals surface area contributed by atoms with Crippen LogP contribution in [0.4, 0.5) is 10.1 Å². The molecule has 17 heavy (non-hydrogen) atoms. The SMILES string of the molecule is NC(CO)c1cc(F)ccc1N1CCOCC1. The molecule has 1 heterocycles. The van der Waals surface area contributed by atoms with E-state index in [0.29, 0.717) is 18.8 Å². The molecule has 0 amide bonds. The van der Waals surface area contributed by atoms with Gasteiger partial charge in [-0.05, 0) is 23.8 Å². The van der Waals surface area contributed by atoms with Gasteiger partial charge in [-0.15, -0.1) is 0 Å². The third kappa shape index (κ3) is 2.74. The lowest BCUT2D eigenvalue weighted by molar-refractivity contribution is 0.122. The first-order valence-electron chi connectivity index (χ1n) is 5.71. The minimum atomic E-state index is -0.552. The number of morpholine rings is 1. The van der Waals surface area contributed by atoms with Gasteiger partial charge >= 0.3 is 0 Å². The highest BCUT2D eigenvalue weighted by atomic mass is 19.1. The molecule has 5 heteroatoms. The molecule has 0 spiro atoms. The standard InChI is InChI=1S/C12H17FN2O2/c13-9-1-2-12(10(7-9)11(14)8-16)15-3-5-17-6-4-15/h1-2,7,11,16H,3-6,8,14H2. The van der Waals surface area contributed by atoms with Crippen molar-refractivity contribution in [2.75, 3.05) is 37.8 Å². The molecule has 0 aliphatic carbocycles. The molecular formula is C12H17FN2O2. The Kier molecular flexibility index (Phi) is 3.93. The molecule has 0 radical (unpaired) electrons. The van der Waals surface area contributed by atoms with Crippen molar-refractivity contribution in [3.63, 3.8) is 0 Å². The van der Waals surface area contributed by atoms with E-state index in [9.17, 15) is 4.39 Å². The number of anilines is 1. The van der Waals surface area contributed by atoms with Gasteiger partial charge in [0.05, 0.1) is 25.9 Å². The number of nitrogens with zero attached hydrogens (tertiary/aromatic N) is 1. The first-order chi connectivity index (χ1) is 8.22. The van der Waals surface area contributed by atoms with Crippen LogP contribution in [0.3, 0.4) is 0 Å². The van der Waals surface area contributed by atoms with Crippen molar-refractivity contribution < 1.29 is 14.2 Å². The number of ether oxygens (including phenoxy) is 1. The highest BCUT2D eigenvalue weighted by molar-refractivity contribution is 5.55. The van der Waals surface area contributed by atoms with E-state index in [1.165, 1.54) is 12.1 Å². The Labute approximate surface area is 99.8 Å². The van der Waals surface area contributed by atoms with E-state index in [1.54, 1.807) is 6.07 Å². The highest BCUT2D eigenvalue weighted by Gasteiger charge is 2.18. The molecule has 3 N–H and O–H groups in total. The Bertz CT molecular complexity index is 381. The van der Waals surface area contributed by atoms with Crippen molar-refractivity contribution in [2.24, 2.45) is 5.73 Å². The predicted molar refractivity (Wildman–Crippen MR) is 63.4 cm³/mol. The summed E-state index contributed by atoms with van der Waals surface area (Å²) in [6.07, 6.45) is 0. The molecule has 1 aromatic rings. The molecule has 94 valence electrons. The zero-order chi connectivity index (χ0) is 12.3. The Morgan fingerprint density at radius 1 is 1.41 bits per heavy atom. The van der Waals surface area contributed by atoms with Crippen molar-refractivity contribution in [3.8, 4) is 0 Å². The van der Waals surface area contributed by atoms with Crippen molar-refractivity contribution in [2.45, 2.75) is 6.04 Å². The molecule has 0 saturated carbocycles. The Morgan fingerprint density at radius 3 is 2.76 bits per heavy atom. The molecule has 1 unspecified atom stereocenters. The Morgan fingerprint density at radius 2 is 2.12 bits per heavy atom. The molecule has 1 atom stereocenters. The van der Waals surface area contributed by atoms with E-state index >= 15 is 0 Å². The largest absolute Gasteiger partial charge is 0.394 e. The minimum Gasteiger partial charge on any atom is -0.394 e. The molecule has 1 aliphatic heterocycles. The molecule has 1 saturated heterocycles. The van der Waals surface area contributed by atoms with Gasteiger partial charge in [0.15, 0.2) is 0 Å². The van der Waals surface area contributed by atoms with Gasteiger partial charge in [-0.1, -0.05) is 0 Å². The number of hydrogen-bond donors (Lipinski definition) is 2. The van der Waals surface area contributed by atoms with Gasteiger partial charge in [0.1, 0.15) is 5.82 Å². The Balaban J connectivity index is 2.30. The van der Waals surface area contributed by atoms with Crippen LogP contribution in [0.5, 0.6) is 0 Å². The fourth-order valence-corrected chi connectivity index (χ4v) is 2.01. The van der Waals surface area contributed by atoms with Crippen molar-refractivity contribution in [1.82, 2.24) is 0 Å². The summed E-state index contributed by atoms with van der Waals surface area (Å²) in [4.78, 5) is 2.10. The van der Waals surface area contributed by atoms with E-state index in [2.05, 4.69) is 4.90 Å². The van der Waals surface area contributed by atoms with Crippen LogP contribution in [-0.4, -0.2) is 38.0 Å². The monoisotopic (exact) mass is 240 g/mol. The molecule has 0 bridgehead atoms. The van der Waals surface area contributed by atoms with Crippen LogP contribution < -0.4 is 10.6 Å². The van der Waals surface area contributed by atoms with Gasteiger partial charge in [0, 0.05) is 18.8 Å². The third-order valence-corrected chi connectivity index (χ3v) is 2.94. The van der Waals surface area contributed by atoms with Crippen LogP contribution in [-0.2, 0) is 4.74 Å². The van der Waals surface area contributed by atoms with Gasteiger partial charge in [-0.3, -0.25) is 0 Å². The zero-order valence-electron chi connectivity index (χ0n) is 9.60. The van der Waals surface area contributed by atoms with Crippen LogP contribution in [0.2, 0.25) is 0 Å². The van der Waals surface area contributed by atoms with E-state index < -0.39 is 6.04 Å². The summed E-state index contributed by atoms with van der Waals surface area (Å²) in [6.45, 7) is 2.64.